The number of aliphatic hydroxyl groups is 3. The highest BCUT2D eigenvalue weighted by Gasteiger charge is 2.42. The number of aliphatic hydroxyl groups excluding tert-OH is 3. The van der Waals surface area contributed by atoms with Crippen molar-refractivity contribution in [1.29, 1.82) is 0 Å². The summed E-state index contributed by atoms with van der Waals surface area (Å²) in [5.74, 6) is 0. The Labute approximate surface area is 88.0 Å². The molecule has 1 heterocycles. The van der Waals surface area contributed by atoms with E-state index in [0.29, 0.717) is 0 Å². The van der Waals surface area contributed by atoms with Gasteiger partial charge in [0.1, 0.15) is 18.3 Å². The Hall–Kier alpha value is 0.0500. The van der Waals surface area contributed by atoms with E-state index in [1.807, 2.05) is 0 Å². The van der Waals surface area contributed by atoms with E-state index in [2.05, 4.69) is 0 Å². The van der Waals surface area contributed by atoms with Crippen molar-refractivity contribution in [1.82, 2.24) is 0 Å². The first-order valence-electron chi connectivity index (χ1n) is 4.02. The normalized spacial score (nSPS) is 43.1. The van der Waals surface area contributed by atoms with E-state index in [1.165, 1.54) is 7.11 Å². The molecule has 0 unspecified atom stereocenters. The Kier molecular flexibility index (Phi) is 5.84. The van der Waals surface area contributed by atoms with Crippen molar-refractivity contribution in [2.45, 2.75) is 30.6 Å². The summed E-state index contributed by atoms with van der Waals surface area (Å²) >= 11 is 0. The van der Waals surface area contributed by atoms with Crippen molar-refractivity contribution in [3.05, 3.63) is 0 Å². The Morgan fingerprint density at radius 2 is 1.93 bits per heavy atom. The maximum Gasteiger partial charge on any atom is 0.175 e. The van der Waals surface area contributed by atoms with Gasteiger partial charge in [0.2, 0.25) is 0 Å². The van der Waals surface area contributed by atoms with Crippen molar-refractivity contribution in [3.8, 4) is 0 Å². The molecule has 86 valence electrons. The SMILES string of the molecule is CO[C@H]1O[C@H](CO)[C@@H](O)[C@H](O)[C@@H]1N.Cl. The molecule has 14 heavy (non-hydrogen) atoms. The lowest BCUT2D eigenvalue weighted by molar-refractivity contribution is -0.257. The summed E-state index contributed by atoms with van der Waals surface area (Å²) in [6.07, 6.45) is -3.96. The Balaban J connectivity index is 0.00000169. The van der Waals surface area contributed by atoms with E-state index in [0.717, 1.165) is 0 Å². The minimum atomic E-state index is -1.17. The largest absolute Gasteiger partial charge is 0.394 e. The molecule has 6 nitrogen and oxygen atoms in total. The van der Waals surface area contributed by atoms with Gasteiger partial charge in [0.15, 0.2) is 6.29 Å². The van der Waals surface area contributed by atoms with E-state index in [1.54, 1.807) is 0 Å². The predicted molar refractivity (Wildman–Crippen MR) is 50.0 cm³/mol. The second-order valence-corrected chi connectivity index (χ2v) is 3.02. The lowest BCUT2D eigenvalue weighted by Gasteiger charge is -2.39. The molecule has 0 spiro atoms. The van der Waals surface area contributed by atoms with Gasteiger partial charge in [0.05, 0.1) is 12.6 Å². The molecule has 0 aromatic carbocycles. The summed E-state index contributed by atoms with van der Waals surface area (Å²) in [6, 6.07) is -0.803. The Morgan fingerprint density at radius 1 is 1.36 bits per heavy atom. The van der Waals surface area contributed by atoms with E-state index in [9.17, 15) is 10.2 Å². The lowest BCUT2D eigenvalue weighted by Crippen LogP contribution is -2.62. The maximum atomic E-state index is 9.40. The molecule has 7 heteroatoms. The second-order valence-electron chi connectivity index (χ2n) is 3.02. The molecule has 0 aromatic heterocycles. The van der Waals surface area contributed by atoms with E-state index in [4.69, 9.17) is 20.3 Å². The summed E-state index contributed by atoms with van der Waals surface area (Å²) in [7, 11) is 1.38. The van der Waals surface area contributed by atoms with Crippen LogP contribution in [0, 0.1) is 0 Å². The van der Waals surface area contributed by atoms with Gasteiger partial charge >= 0.3 is 0 Å². The minimum absolute atomic E-state index is 0. The van der Waals surface area contributed by atoms with E-state index in [-0.39, 0.29) is 19.0 Å². The van der Waals surface area contributed by atoms with Gasteiger partial charge in [-0.05, 0) is 0 Å². The quantitative estimate of drug-likeness (QED) is 0.429. The van der Waals surface area contributed by atoms with Gasteiger partial charge in [-0.3, -0.25) is 0 Å². The summed E-state index contributed by atoms with van der Waals surface area (Å²) in [5, 5.41) is 27.5. The molecule has 5 N–H and O–H groups in total. The van der Waals surface area contributed by atoms with Crippen molar-refractivity contribution >= 4 is 12.4 Å². The minimum Gasteiger partial charge on any atom is -0.394 e. The van der Waals surface area contributed by atoms with Crippen molar-refractivity contribution in [3.63, 3.8) is 0 Å². The molecule has 1 saturated heterocycles. The first kappa shape index (κ1) is 14.1. The molecule has 1 rings (SSSR count). The molecule has 1 aliphatic rings. The fourth-order valence-corrected chi connectivity index (χ4v) is 1.32. The van der Waals surface area contributed by atoms with E-state index >= 15 is 0 Å². The average molecular weight is 230 g/mol. The molecular formula is C7H16ClNO5. The van der Waals surface area contributed by atoms with Crippen molar-refractivity contribution in [2.75, 3.05) is 13.7 Å². The first-order chi connectivity index (χ1) is 6.11. The van der Waals surface area contributed by atoms with Gasteiger partial charge in [0.25, 0.3) is 0 Å². The van der Waals surface area contributed by atoms with Crippen molar-refractivity contribution < 1.29 is 24.8 Å². The number of ether oxygens (including phenoxy) is 2. The number of methoxy groups -OCH3 is 1. The Morgan fingerprint density at radius 3 is 2.36 bits per heavy atom. The van der Waals surface area contributed by atoms with Crippen LogP contribution in [0.3, 0.4) is 0 Å². The highest BCUT2D eigenvalue weighted by molar-refractivity contribution is 5.85. The molecular weight excluding hydrogens is 214 g/mol. The monoisotopic (exact) mass is 229 g/mol. The number of hydrogen-bond donors (Lipinski definition) is 4. The van der Waals surface area contributed by atoms with Crippen LogP contribution in [0.4, 0.5) is 0 Å². The van der Waals surface area contributed by atoms with Crippen LogP contribution in [-0.4, -0.2) is 59.7 Å². The fraction of sp³-hybridized carbons (Fsp3) is 1.00. The first-order valence-corrected chi connectivity index (χ1v) is 4.02. The third-order valence-electron chi connectivity index (χ3n) is 2.16. The van der Waals surface area contributed by atoms with Gasteiger partial charge in [-0.2, -0.15) is 0 Å². The molecule has 0 amide bonds. The van der Waals surface area contributed by atoms with Gasteiger partial charge in [0, 0.05) is 7.11 Å². The van der Waals surface area contributed by atoms with Crippen molar-refractivity contribution in [2.24, 2.45) is 5.73 Å². The van der Waals surface area contributed by atoms with Crippen LogP contribution in [0.25, 0.3) is 0 Å². The molecule has 0 saturated carbocycles. The zero-order valence-electron chi connectivity index (χ0n) is 7.74. The lowest BCUT2D eigenvalue weighted by atomic mass is 9.98. The van der Waals surface area contributed by atoms with E-state index < -0.39 is 30.6 Å². The maximum absolute atomic E-state index is 9.40. The molecule has 1 aliphatic heterocycles. The van der Waals surface area contributed by atoms with Gasteiger partial charge < -0.3 is 30.5 Å². The number of hydrogen-bond acceptors (Lipinski definition) is 6. The van der Waals surface area contributed by atoms with Gasteiger partial charge in [-0.15, -0.1) is 12.4 Å². The van der Waals surface area contributed by atoms with Crippen LogP contribution in [0.15, 0.2) is 0 Å². The molecule has 1 fully saturated rings. The summed E-state index contributed by atoms with van der Waals surface area (Å²) in [5.41, 5.74) is 5.50. The van der Waals surface area contributed by atoms with Gasteiger partial charge in [-0.25, -0.2) is 0 Å². The number of nitrogens with two attached hydrogens (primary N) is 1. The fourth-order valence-electron chi connectivity index (χ4n) is 1.32. The topological polar surface area (TPSA) is 105 Å². The smallest absolute Gasteiger partial charge is 0.175 e. The van der Waals surface area contributed by atoms with Crippen LogP contribution in [0.5, 0.6) is 0 Å². The van der Waals surface area contributed by atoms with Crippen LogP contribution in [0.1, 0.15) is 0 Å². The summed E-state index contributed by atoms with van der Waals surface area (Å²) in [4.78, 5) is 0. The highest BCUT2D eigenvalue weighted by Crippen LogP contribution is 2.19. The average Bonchev–Trinajstić information content (AvgIpc) is 2.15. The second kappa shape index (κ2) is 5.82. The van der Waals surface area contributed by atoms with Crippen LogP contribution < -0.4 is 5.73 Å². The van der Waals surface area contributed by atoms with Crippen LogP contribution in [0.2, 0.25) is 0 Å². The third kappa shape index (κ3) is 2.54. The zero-order valence-corrected chi connectivity index (χ0v) is 8.55. The molecule has 0 radical (unpaired) electrons. The number of halogens is 1. The summed E-state index contributed by atoms with van der Waals surface area (Å²) in [6.45, 7) is -0.384. The summed E-state index contributed by atoms with van der Waals surface area (Å²) < 4.78 is 9.90. The number of rotatable bonds is 2. The van der Waals surface area contributed by atoms with Crippen LogP contribution in [-0.2, 0) is 9.47 Å². The highest BCUT2D eigenvalue weighted by atomic mass is 35.5. The zero-order chi connectivity index (χ0) is 10.0. The molecule has 0 aromatic rings. The molecule has 0 aliphatic carbocycles. The standard InChI is InChI=1S/C7H15NO5.ClH/c1-12-7-4(8)6(11)5(10)3(2-9)13-7;/h3-7,9-11H,2,8H2,1H3;1H/t3-,4+,5-,6-,7+;/m1./s1. The van der Waals surface area contributed by atoms with Crippen LogP contribution >= 0.6 is 12.4 Å². The third-order valence-corrected chi connectivity index (χ3v) is 2.16. The molecule has 0 bridgehead atoms. The Bertz CT molecular complexity index is 152. The van der Waals surface area contributed by atoms with Gasteiger partial charge in [-0.1, -0.05) is 0 Å². The molecule has 5 atom stereocenters. The predicted octanol–water partition coefficient (Wildman–Crippen LogP) is -2.18.